The first-order valence-electron chi connectivity index (χ1n) is 18.6. The number of imidazole rings is 2. The molecule has 18 nitrogen and oxygen atoms in total. The minimum atomic E-state index is -0.742. The van der Waals surface area contributed by atoms with Crippen LogP contribution < -0.4 is 25.0 Å². The Bertz CT molecular complexity index is 2670. The number of carbonyl (C=O) groups excluding carboxylic acids is 2. The summed E-state index contributed by atoms with van der Waals surface area (Å²) >= 11 is 0. The van der Waals surface area contributed by atoms with E-state index in [4.69, 9.17) is 9.47 Å². The largest absolute Gasteiger partial charge is 2.00 e. The number of likely N-dealkylation sites (N-methyl/N-ethyl adjacent to an activating group) is 1. The van der Waals surface area contributed by atoms with Crippen molar-refractivity contribution in [2.24, 2.45) is 20.0 Å². The minimum absolute atomic E-state index is 0. The number of nitrogens with one attached hydrogen (secondary N) is 1. The Kier molecular flexibility index (Phi) is 13.9. The van der Waals surface area contributed by atoms with E-state index in [2.05, 4.69) is 35.3 Å². The third kappa shape index (κ3) is 10.9. The van der Waals surface area contributed by atoms with Crippen LogP contribution in [0, 0.1) is 0 Å². The fraction of sp³-hybridized carbons (Fsp3) is 0.163. The van der Waals surface area contributed by atoms with Gasteiger partial charge >= 0.3 is 19.5 Å². The maximum Gasteiger partial charge on any atom is 2.00 e. The summed E-state index contributed by atoms with van der Waals surface area (Å²) in [5.74, 6) is 0.761. The second kappa shape index (κ2) is 19.6. The van der Waals surface area contributed by atoms with E-state index in [0.717, 1.165) is 50.0 Å². The average molecular weight is 888 g/mol. The summed E-state index contributed by atoms with van der Waals surface area (Å²) in [4.78, 5) is 49.8. The molecule has 0 atom stereocenters. The minimum Gasteiger partial charge on any atom is -0.846 e. The van der Waals surface area contributed by atoms with Gasteiger partial charge in [-0.25, -0.2) is 20.0 Å². The van der Waals surface area contributed by atoms with E-state index in [9.17, 15) is 30.0 Å². The topological polar surface area (TPSA) is 240 Å². The van der Waals surface area contributed by atoms with Gasteiger partial charge in [0, 0.05) is 32.3 Å². The van der Waals surface area contributed by atoms with Crippen LogP contribution in [-0.2, 0) is 55.0 Å². The molecule has 0 aliphatic carbocycles. The van der Waals surface area contributed by atoms with Gasteiger partial charge in [-0.3, -0.25) is 9.59 Å². The van der Waals surface area contributed by atoms with Gasteiger partial charge in [0.05, 0.1) is 50.7 Å². The third-order valence-corrected chi connectivity index (χ3v) is 9.31. The summed E-state index contributed by atoms with van der Waals surface area (Å²) in [6, 6.07) is 27.4. The van der Waals surface area contributed by atoms with Crippen LogP contribution >= 0.6 is 0 Å². The first-order valence-corrected chi connectivity index (χ1v) is 18.6. The first kappa shape index (κ1) is 43.9. The molecular formula is C43H38N10O8Zn. The summed E-state index contributed by atoms with van der Waals surface area (Å²) in [6.45, 7) is 0.831. The van der Waals surface area contributed by atoms with Crippen molar-refractivity contribution < 1.29 is 59.0 Å². The fourth-order valence-corrected chi connectivity index (χ4v) is 6.12. The van der Waals surface area contributed by atoms with E-state index in [1.807, 2.05) is 60.9 Å². The van der Waals surface area contributed by atoms with Crippen LogP contribution in [0.1, 0.15) is 33.6 Å². The van der Waals surface area contributed by atoms with Crippen LogP contribution in [0.4, 0.5) is 11.9 Å². The molecule has 2 aliphatic heterocycles. The fourth-order valence-electron chi connectivity index (χ4n) is 6.12. The van der Waals surface area contributed by atoms with E-state index < -0.39 is 23.9 Å². The van der Waals surface area contributed by atoms with Gasteiger partial charge in [-0.05, 0) is 70.8 Å². The molecule has 6 aromatic rings. The number of carbonyl (C=O) groups is 2. The Balaban J connectivity index is 0.000000204. The number of methoxy groups -OCH3 is 2. The Hall–Kier alpha value is -7.66. The molecule has 2 amide bonds. The number of amides is 2. The Morgan fingerprint density at radius 3 is 1.42 bits per heavy atom. The van der Waals surface area contributed by atoms with Crippen LogP contribution in [0.3, 0.4) is 0 Å². The number of hydrogen-bond acceptors (Lipinski definition) is 12. The number of benzene rings is 4. The van der Waals surface area contributed by atoms with E-state index in [-0.39, 0.29) is 54.5 Å². The molecule has 2 aromatic heterocycles. The summed E-state index contributed by atoms with van der Waals surface area (Å²) < 4.78 is 13.9. The van der Waals surface area contributed by atoms with Gasteiger partial charge in [-0.1, -0.05) is 48.5 Å². The molecule has 0 bridgehead atoms. The normalized spacial score (nSPS) is 14.5. The van der Waals surface area contributed by atoms with Gasteiger partial charge < -0.3 is 49.3 Å². The van der Waals surface area contributed by atoms with Crippen LogP contribution in [0.15, 0.2) is 129 Å². The summed E-state index contributed by atoms with van der Waals surface area (Å²) in [5, 5.41) is 44.1. The van der Waals surface area contributed by atoms with Gasteiger partial charge in [0.15, 0.2) is 0 Å². The van der Waals surface area contributed by atoms with Crippen LogP contribution in [0.25, 0.3) is 0 Å². The number of rotatable bonds is 12. The van der Waals surface area contributed by atoms with Crippen molar-refractivity contribution in [2.75, 3.05) is 21.3 Å². The van der Waals surface area contributed by atoms with Gasteiger partial charge in [0.2, 0.25) is 23.6 Å². The number of aromatic hydroxyl groups is 2. The zero-order valence-corrected chi connectivity index (χ0v) is 36.8. The second-order valence-electron chi connectivity index (χ2n) is 13.7. The number of aromatic nitrogens is 4. The Morgan fingerprint density at radius 1 is 0.629 bits per heavy atom. The second-order valence-corrected chi connectivity index (χ2v) is 13.7. The van der Waals surface area contributed by atoms with E-state index in [1.165, 1.54) is 7.05 Å². The van der Waals surface area contributed by atoms with Crippen molar-refractivity contribution in [2.45, 2.75) is 25.9 Å². The summed E-state index contributed by atoms with van der Waals surface area (Å²) in [5.41, 5.74) is 5.37. The van der Waals surface area contributed by atoms with Crippen LogP contribution in [0.5, 0.6) is 23.0 Å². The predicted octanol–water partition coefficient (Wildman–Crippen LogP) is 2.56. The molecule has 0 unspecified atom stereocenters. The number of phenols is 2. The van der Waals surface area contributed by atoms with Crippen molar-refractivity contribution in [3.8, 4) is 23.0 Å². The van der Waals surface area contributed by atoms with Crippen molar-refractivity contribution in [1.82, 2.24) is 29.3 Å². The smallest absolute Gasteiger partial charge is 0.846 e. The molecule has 4 heterocycles. The predicted molar refractivity (Wildman–Crippen MR) is 220 cm³/mol. The number of hydrogen-bond donors (Lipinski definition) is 3. The van der Waals surface area contributed by atoms with Crippen molar-refractivity contribution in [1.29, 1.82) is 0 Å². The molecule has 2 aliphatic rings. The summed E-state index contributed by atoms with van der Waals surface area (Å²) in [7, 11) is 4.58. The van der Waals surface area contributed by atoms with Gasteiger partial charge in [-0.2, -0.15) is 9.98 Å². The van der Waals surface area contributed by atoms with Crippen LogP contribution in [-0.4, -0.2) is 91.0 Å². The van der Waals surface area contributed by atoms with E-state index in [1.54, 1.807) is 71.9 Å². The maximum atomic E-state index is 12.2. The molecule has 62 heavy (non-hydrogen) atoms. The molecule has 0 saturated heterocycles. The number of aliphatic imine (C=N–C) groups is 4. The number of amidine groups is 4. The molecule has 19 heteroatoms. The average Bonchev–Trinajstić information content (AvgIpc) is 3.98. The monoisotopic (exact) mass is 886 g/mol. The molecule has 0 spiro atoms. The zero-order chi connectivity index (χ0) is 43.0. The molecule has 0 fully saturated rings. The van der Waals surface area contributed by atoms with E-state index >= 15 is 0 Å². The van der Waals surface area contributed by atoms with Crippen LogP contribution in [0.2, 0.25) is 0 Å². The molecule has 8 rings (SSSR count). The van der Waals surface area contributed by atoms with Crippen molar-refractivity contribution in [3.63, 3.8) is 0 Å². The summed E-state index contributed by atoms with van der Waals surface area (Å²) in [6.07, 6.45) is 4.79. The third-order valence-electron chi connectivity index (χ3n) is 9.31. The Morgan fingerprint density at radius 2 is 1.05 bits per heavy atom. The van der Waals surface area contributed by atoms with Gasteiger partial charge in [-0.15, -0.1) is 0 Å². The van der Waals surface area contributed by atoms with Crippen molar-refractivity contribution in [3.05, 3.63) is 143 Å². The molecular weight excluding hydrogens is 850 g/mol. The first-order chi connectivity index (χ1) is 29.4. The molecule has 4 aromatic carbocycles. The van der Waals surface area contributed by atoms with Gasteiger partial charge in [0.1, 0.15) is 23.0 Å². The SMILES string of the molecule is COc1ccc(Cc2cn(Cc3ccc(O)cc3)c(/N=C3/N=C([O-])N(C)C3=O)n2)cc1.COc1ccc(Cc2cn(Cc3ccc(O)cc3)c(/N=C3/N=C([O-])NC3=O)n2)cc1.[Zn+2]. The quantitative estimate of drug-likeness (QED) is 0.152. The zero-order valence-electron chi connectivity index (χ0n) is 33.8. The van der Waals surface area contributed by atoms with Crippen molar-refractivity contribution >= 4 is 47.4 Å². The van der Waals surface area contributed by atoms with E-state index in [0.29, 0.717) is 25.9 Å². The molecule has 310 valence electrons. The molecule has 0 radical (unpaired) electrons. The molecule has 0 saturated carbocycles. The molecule has 3 N–H and O–H groups in total. The van der Waals surface area contributed by atoms with Gasteiger partial charge in [0.25, 0.3) is 11.8 Å². The number of nitrogens with zero attached hydrogens (tertiary/aromatic N) is 9. The Labute approximate surface area is 367 Å². The standard InChI is InChI=1S/C22H21N5O4.C21H19N5O4.Zn/c1-26-20(29)19(25-22(26)30)24-21-23-16(11-14-5-9-18(31-2)10-6-14)13-27(21)12-15-3-7-17(28)8-4-15;1-30-17-8-4-13(5-9-17)10-15-12-26(11-14-2-6-16(27)7-3-14)20(22-15)23-18-19(28)25-21(29)24-18;/h3-10,13,28H,11-12H2,1-2H3,(H,23,24,25,30);2-9,12,27H,10-11H2,1H3,(H2,22,23,24,25,28,29);/q;;+2/p-2. The maximum absolute atomic E-state index is 12.2. The number of phenolic OH excluding ortho intramolecular Hbond substituents is 2. The number of ether oxygens (including phenoxy) is 2.